The minimum absolute atomic E-state index is 0.163. The van der Waals surface area contributed by atoms with E-state index in [1.807, 2.05) is 31.2 Å². The van der Waals surface area contributed by atoms with Gasteiger partial charge in [0.25, 0.3) is 5.91 Å². The van der Waals surface area contributed by atoms with Crippen molar-refractivity contribution in [3.8, 4) is 0 Å². The number of aromatic nitrogens is 2. The van der Waals surface area contributed by atoms with Crippen molar-refractivity contribution in [1.29, 1.82) is 0 Å². The van der Waals surface area contributed by atoms with E-state index in [0.29, 0.717) is 30.6 Å². The molecule has 0 saturated heterocycles. The second-order valence-electron chi connectivity index (χ2n) is 6.46. The Morgan fingerprint density at radius 2 is 2.00 bits per heavy atom. The van der Waals surface area contributed by atoms with Gasteiger partial charge >= 0.3 is 0 Å². The Morgan fingerprint density at radius 3 is 2.72 bits per heavy atom. The van der Waals surface area contributed by atoms with Gasteiger partial charge in [0, 0.05) is 23.8 Å². The average Bonchev–Trinajstić information content (AvgIpc) is 2.54. The van der Waals surface area contributed by atoms with Gasteiger partial charge in [-0.3, -0.25) is 4.79 Å². The minimum Gasteiger partial charge on any atom is -0.354 e. The van der Waals surface area contributed by atoms with Gasteiger partial charge in [-0.15, -0.1) is 0 Å². The lowest BCUT2D eigenvalue weighted by Gasteiger charge is -2.10. The summed E-state index contributed by atoms with van der Waals surface area (Å²) in [5, 5.41) is 6.81. The molecule has 2 rings (SSSR count). The number of benzene rings is 1. The van der Waals surface area contributed by atoms with E-state index in [0.717, 1.165) is 29.1 Å². The second-order valence-corrected chi connectivity index (χ2v) is 6.90. The van der Waals surface area contributed by atoms with Crippen LogP contribution in [0.15, 0.2) is 30.3 Å². The van der Waals surface area contributed by atoms with E-state index in [4.69, 9.17) is 11.6 Å². The molecule has 25 heavy (non-hydrogen) atoms. The first-order valence-electron chi connectivity index (χ1n) is 8.56. The molecule has 0 aliphatic carbocycles. The molecule has 1 heterocycles. The highest BCUT2D eigenvalue weighted by Gasteiger charge is 2.10. The average molecular weight is 361 g/mol. The van der Waals surface area contributed by atoms with E-state index in [1.165, 1.54) is 0 Å². The molecule has 0 bridgehead atoms. The van der Waals surface area contributed by atoms with Gasteiger partial charge in [-0.05, 0) is 49.4 Å². The van der Waals surface area contributed by atoms with Gasteiger partial charge in [-0.2, -0.15) is 0 Å². The number of halogens is 1. The van der Waals surface area contributed by atoms with Crippen LogP contribution < -0.4 is 10.6 Å². The van der Waals surface area contributed by atoms with E-state index in [-0.39, 0.29) is 5.91 Å². The van der Waals surface area contributed by atoms with Crippen molar-refractivity contribution < 1.29 is 4.79 Å². The Labute approximate surface area is 154 Å². The molecule has 0 unspecified atom stereocenters. The van der Waals surface area contributed by atoms with Gasteiger partial charge in [0.1, 0.15) is 5.69 Å². The number of carbonyl (C=O) groups excluding carboxylic acids is 1. The van der Waals surface area contributed by atoms with Crippen LogP contribution in [-0.2, 0) is 6.42 Å². The molecule has 134 valence electrons. The van der Waals surface area contributed by atoms with Gasteiger partial charge < -0.3 is 10.6 Å². The van der Waals surface area contributed by atoms with Crippen LogP contribution in [0.25, 0.3) is 0 Å². The Kier molecular flexibility index (Phi) is 7.19. The predicted molar refractivity (Wildman–Crippen MR) is 102 cm³/mol. The number of nitrogens with zero attached hydrogens (tertiary/aromatic N) is 2. The summed E-state index contributed by atoms with van der Waals surface area (Å²) in [5.41, 5.74) is 2.29. The van der Waals surface area contributed by atoms with E-state index >= 15 is 0 Å². The lowest BCUT2D eigenvalue weighted by Crippen LogP contribution is -2.26. The number of hydrogen-bond donors (Lipinski definition) is 2. The van der Waals surface area contributed by atoms with Crippen LogP contribution in [0.2, 0.25) is 5.02 Å². The van der Waals surface area contributed by atoms with Crippen LogP contribution in [0.3, 0.4) is 0 Å². The zero-order chi connectivity index (χ0) is 18.2. The molecule has 6 heteroatoms. The normalized spacial score (nSPS) is 10.8. The van der Waals surface area contributed by atoms with Crippen LogP contribution >= 0.6 is 11.6 Å². The predicted octanol–water partition coefficient (Wildman–Crippen LogP) is 3.87. The van der Waals surface area contributed by atoms with Gasteiger partial charge in [-0.25, -0.2) is 9.97 Å². The molecule has 1 amide bonds. The van der Waals surface area contributed by atoms with Crippen molar-refractivity contribution in [2.75, 3.05) is 18.4 Å². The SMILES string of the molecule is Cc1cc(C(=O)NCCC(C)C)nc(NCCc2cccc(Cl)c2)n1. The Bertz CT molecular complexity index is 718. The number of aryl methyl sites for hydroxylation is 1. The molecule has 1 aromatic carbocycles. The Hall–Kier alpha value is -2.14. The van der Waals surface area contributed by atoms with Crippen molar-refractivity contribution in [3.63, 3.8) is 0 Å². The van der Waals surface area contributed by atoms with Crippen LogP contribution in [-0.4, -0.2) is 29.0 Å². The Morgan fingerprint density at radius 1 is 1.20 bits per heavy atom. The van der Waals surface area contributed by atoms with Gasteiger partial charge in [-0.1, -0.05) is 37.6 Å². The standard InChI is InChI=1S/C19H25ClN4O/c1-13(2)7-9-21-18(25)17-11-14(3)23-19(24-17)22-10-8-15-5-4-6-16(20)12-15/h4-6,11-13H,7-10H2,1-3H3,(H,21,25)(H,22,23,24). The summed E-state index contributed by atoms with van der Waals surface area (Å²) in [6, 6.07) is 9.45. The first kappa shape index (κ1) is 19.2. The quantitative estimate of drug-likeness (QED) is 0.749. The number of amides is 1. The first-order valence-corrected chi connectivity index (χ1v) is 8.94. The smallest absolute Gasteiger partial charge is 0.270 e. The highest BCUT2D eigenvalue weighted by atomic mass is 35.5. The molecule has 0 radical (unpaired) electrons. The number of nitrogens with one attached hydrogen (secondary N) is 2. The Balaban J connectivity index is 1.92. The maximum absolute atomic E-state index is 12.2. The van der Waals surface area contributed by atoms with E-state index in [1.54, 1.807) is 6.07 Å². The fraction of sp³-hybridized carbons (Fsp3) is 0.421. The lowest BCUT2D eigenvalue weighted by molar-refractivity contribution is 0.0947. The molecule has 0 aliphatic rings. The van der Waals surface area contributed by atoms with E-state index in [9.17, 15) is 4.79 Å². The molecule has 0 fully saturated rings. The lowest BCUT2D eigenvalue weighted by atomic mass is 10.1. The molecular weight excluding hydrogens is 336 g/mol. The molecule has 2 aromatic rings. The van der Waals surface area contributed by atoms with Gasteiger partial charge in [0.05, 0.1) is 0 Å². The zero-order valence-corrected chi connectivity index (χ0v) is 15.7. The highest BCUT2D eigenvalue weighted by Crippen LogP contribution is 2.11. The van der Waals surface area contributed by atoms with E-state index < -0.39 is 0 Å². The number of rotatable bonds is 8. The molecule has 5 nitrogen and oxygen atoms in total. The summed E-state index contributed by atoms with van der Waals surface area (Å²) in [5.74, 6) is 0.858. The monoisotopic (exact) mass is 360 g/mol. The third-order valence-electron chi connectivity index (χ3n) is 3.68. The van der Waals surface area contributed by atoms with Crippen LogP contribution in [0.5, 0.6) is 0 Å². The molecule has 0 spiro atoms. The fourth-order valence-corrected chi connectivity index (χ4v) is 2.55. The maximum Gasteiger partial charge on any atom is 0.270 e. The molecule has 0 aliphatic heterocycles. The summed E-state index contributed by atoms with van der Waals surface area (Å²) in [6.45, 7) is 7.43. The van der Waals surface area contributed by atoms with Crippen molar-refractivity contribution in [2.45, 2.75) is 33.6 Å². The maximum atomic E-state index is 12.2. The third kappa shape index (κ3) is 6.70. The second kappa shape index (κ2) is 9.37. The van der Waals surface area contributed by atoms with Gasteiger partial charge in [0.15, 0.2) is 0 Å². The van der Waals surface area contributed by atoms with Crippen LogP contribution in [0.1, 0.15) is 42.0 Å². The van der Waals surface area contributed by atoms with Crippen molar-refractivity contribution in [2.24, 2.45) is 5.92 Å². The molecule has 0 atom stereocenters. The zero-order valence-electron chi connectivity index (χ0n) is 15.0. The summed E-state index contributed by atoms with van der Waals surface area (Å²) in [6.07, 6.45) is 1.74. The van der Waals surface area contributed by atoms with Crippen LogP contribution in [0.4, 0.5) is 5.95 Å². The van der Waals surface area contributed by atoms with Crippen LogP contribution in [0, 0.1) is 12.8 Å². The minimum atomic E-state index is -0.163. The van der Waals surface area contributed by atoms with Crippen molar-refractivity contribution >= 4 is 23.5 Å². The first-order chi connectivity index (χ1) is 11.9. The topological polar surface area (TPSA) is 66.9 Å². The molecular formula is C19H25ClN4O. The molecule has 0 saturated carbocycles. The number of hydrogen-bond acceptors (Lipinski definition) is 4. The fourth-order valence-electron chi connectivity index (χ4n) is 2.34. The largest absolute Gasteiger partial charge is 0.354 e. The van der Waals surface area contributed by atoms with Crippen molar-refractivity contribution in [1.82, 2.24) is 15.3 Å². The summed E-state index contributed by atoms with van der Waals surface area (Å²) in [7, 11) is 0. The number of anilines is 1. The van der Waals surface area contributed by atoms with Gasteiger partial charge in [0.2, 0.25) is 5.95 Å². The summed E-state index contributed by atoms with van der Waals surface area (Å²) < 4.78 is 0. The molecule has 1 aromatic heterocycles. The third-order valence-corrected chi connectivity index (χ3v) is 3.92. The summed E-state index contributed by atoms with van der Waals surface area (Å²) in [4.78, 5) is 20.9. The highest BCUT2D eigenvalue weighted by molar-refractivity contribution is 6.30. The van der Waals surface area contributed by atoms with Crippen molar-refractivity contribution in [3.05, 3.63) is 52.3 Å². The summed E-state index contributed by atoms with van der Waals surface area (Å²) >= 11 is 5.99. The molecule has 2 N–H and O–H groups in total. The number of carbonyl (C=O) groups is 1. The van der Waals surface area contributed by atoms with E-state index in [2.05, 4.69) is 34.4 Å².